The molecule has 1 atom stereocenters. The SMILES string of the molecule is CNC(=O)C(=O)CCC(C=O)NC(=O)c1cnsn1. The van der Waals surface area contributed by atoms with Gasteiger partial charge < -0.3 is 15.4 Å². The van der Waals surface area contributed by atoms with Crippen LogP contribution < -0.4 is 10.6 Å². The first-order chi connectivity index (χ1) is 9.08. The molecule has 2 N–H and O–H groups in total. The van der Waals surface area contributed by atoms with Crippen molar-refractivity contribution in [3.63, 3.8) is 0 Å². The second-order valence-electron chi connectivity index (χ2n) is 3.55. The normalized spacial score (nSPS) is 11.4. The van der Waals surface area contributed by atoms with Crippen molar-refractivity contribution >= 4 is 35.6 Å². The van der Waals surface area contributed by atoms with Crippen molar-refractivity contribution in [1.82, 2.24) is 19.4 Å². The highest BCUT2D eigenvalue weighted by molar-refractivity contribution is 6.99. The zero-order chi connectivity index (χ0) is 14.3. The molecule has 0 saturated carbocycles. The molecule has 0 saturated heterocycles. The number of rotatable bonds is 7. The molecule has 0 aliphatic heterocycles. The summed E-state index contributed by atoms with van der Waals surface area (Å²) in [6, 6.07) is -0.845. The first-order valence-corrected chi connectivity index (χ1v) is 6.10. The number of carbonyl (C=O) groups excluding carboxylic acids is 4. The number of ketones is 1. The molecule has 0 spiro atoms. The Morgan fingerprint density at radius 1 is 1.47 bits per heavy atom. The van der Waals surface area contributed by atoms with Crippen LogP contribution in [0.25, 0.3) is 0 Å². The van der Waals surface area contributed by atoms with Gasteiger partial charge in [-0.15, -0.1) is 0 Å². The fourth-order valence-corrected chi connectivity index (χ4v) is 1.63. The van der Waals surface area contributed by atoms with E-state index in [-0.39, 0.29) is 18.5 Å². The molecule has 1 aromatic heterocycles. The van der Waals surface area contributed by atoms with Crippen LogP contribution in [-0.2, 0) is 14.4 Å². The van der Waals surface area contributed by atoms with Crippen LogP contribution in [0.2, 0.25) is 0 Å². The lowest BCUT2D eigenvalue weighted by Crippen LogP contribution is -2.37. The van der Waals surface area contributed by atoms with E-state index in [9.17, 15) is 19.2 Å². The Hall–Kier alpha value is -2.16. The zero-order valence-electron chi connectivity index (χ0n) is 10.1. The molecule has 0 radical (unpaired) electrons. The molecule has 0 aliphatic carbocycles. The topological polar surface area (TPSA) is 118 Å². The minimum atomic E-state index is -0.845. The largest absolute Gasteiger partial charge is 0.353 e. The number of nitrogens with zero attached hydrogens (tertiary/aromatic N) is 2. The summed E-state index contributed by atoms with van der Waals surface area (Å²) in [6.07, 6.45) is 1.71. The molecule has 0 fully saturated rings. The Kier molecular flexibility index (Phi) is 5.73. The molecule has 19 heavy (non-hydrogen) atoms. The van der Waals surface area contributed by atoms with Gasteiger partial charge in [-0.25, -0.2) is 0 Å². The minimum Gasteiger partial charge on any atom is -0.353 e. The third kappa shape index (κ3) is 4.54. The van der Waals surface area contributed by atoms with Gasteiger partial charge >= 0.3 is 0 Å². The van der Waals surface area contributed by atoms with Crippen molar-refractivity contribution in [2.24, 2.45) is 0 Å². The molecule has 1 rings (SSSR count). The number of Topliss-reactive ketones (excluding diaryl/α,β-unsaturated/α-hetero) is 1. The zero-order valence-corrected chi connectivity index (χ0v) is 10.9. The molecule has 102 valence electrons. The maximum atomic E-state index is 11.6. The van der Waals surface area contributed by atoms with Gasteiger partial charge in [-0.3, -0.25) is 14.4 Å². The quantitative estimate of drug-likeness (QED) is 0.486. The number of hydrogen-bond donors (Lipinski definition) is 2. The molecule has 1 heterocycles. The van der Waals surface area contributed by atoms with E-state index in [0.29, 0.717) is 6.29 Å². The average molecular weight is 284 g/mol. The Labute approximate surface area is 112 Å². The lowest BCUT2D eigenvalue weighted by molar-refractivity contribution is -0.137. The Morgan fingerprint density at radius 2 is 2.21 bits per heavy atom. The summed E-state index contributed by atoms with van der Waals surface area (Å²) in [6.45, 7) is 0. The van der Waals surface area contributed by atoms with E-state index in [1.807, 2.05) is 0 Å². The van der Waals surface area contributed by atoms with Crippen LogP contribution in [0.5, 0.6) is 0 Å². The molecule has 8 nitrogen and oxygen atoms in total. The van der Waals surface area contributed by atoms with Crippen molar-refractivity contribution in [3.8, 4) is 0 Å². The van der Waals surface area contributed by atoms with Gasteiger partial charge in [0, 0.05) is 13.5 Å². The van der Waals surface area contributed by atoms with E-state index in [1.165, 1.54) is 13.2 Å². The standard InChI is InChI=1S/C10H12N4O4S/c1-11-10(18)8(16)3-2-6(5-15)13-9(17)7-4-12-19-14-7/h4-6H,2-3H2,1H3,(H,11,18)(H,13,17). The lowest BCUT2D eigenvalue weighted by Gasteiger charge is -2.10. The van der Waals surface area contributed by atoms with Gasteiger partial charge in [0.2, 0.25) is 5.78 Å². The fraction of sp³-hybridized carbons (Fsp3) is 0.400. The number of aromatic nitrogens is 2. The van der Waals surface area contributed by atoms with E-state index >= 15 is 0 Å². The maximum Gasteiger partial charge on any atom is 0.287 e. The smallest absolute Gasteiger partial charge is 0.287 e. The Bertz CT molecular complexity index is 474. The number of aldehydes is 1. The van der Waals surface area contributed by atoms with Crippen LogP contribution in [0, 0.1) is 0 Å². The van der Waals surface area contributed by atoms with Crippen molar-refractivity contribution in [1.29, 1.82) is 0 Å². The van der Waals surface area contributed by atoms with Gasteiger partial charge in [0.1, 0.15) is 6.29 Å². The van der Waals surface area contributed by atoms with Gasteiger partial charge in [0.15, 0.2) is 5.69 Å². The van der Waals surface area contributed by atoms with Crippen molar-refractivity contribution in [2.75, 3.05) is 7.05 Å². The highest BCUT2D eigenvalue weighted by Crippen LogP contribution is 2.00. The molecule has 0 bridgehead atoms. The predicted octanol–water partition coefficient (Wildman–Crippen LogP) is -1.07. The Balaban J connectivity index is 2.46. The summed E-state index contributed by atoms with van der Waals surface area (Å²) in [5.41, 5.74) is 0.106. The summed E-state index contributed by atoms with van der Waals surface area (Å²) < 4.78 is 7.37. The van der Waals surface area contributed by atoms with E-state index in [0.717, 1.165) is 11.7 Å². The summed E-state index contributed by atoms with van der Waals surface area (Å²) in [5, 5.41) is 4.58. The molecule has 9 heteroatoms. The molecular formula is C10H12N4O4S. The lowest BCUT2D eigenvalue weighted by atomic mass is 10.1. The van der Waals surface area contributed by atoms with Crippen molar-refractivity contribution in [2.45, 2.75) is 18.9 Å². The predicted molar refractivity (Wildman–Crippen MR) is 65.5 cm³/mol. The van der Waals surface area contributed by atoms with E-state index < -0.39 is 23.6 Å². The molecular weight excluding hydrogens is 272 g/mol. The maximum absolute atomic E-state index is 11.6. The van der Waals surface area contributed by atoms with E-state index in [2.05, 4.69) is 19.4 Å². The summed E-state index contributed by atoms with van der Waals surface area (Å²) in [7, 11) is 1.34. The van der Waals surface area contributed by atoms with Gasteiger partial charge in [0.05, 0.1) is 24.0 Å². The van der Waals surface area contributed by atoms with E-state index in [4.69, 9.17) is 0 Å². The Morgan fingerprint density at radius 3 is 2.74 bits per heavy atom. The highest BCUT2D eigenvalue weighted by Gasteiger charge is 2.18. The third-order valence-corrected chi connectivity index (χ3v) is 2.72. The van der Waals surface area contributed by atoms with Gasteiger partial charge in [-0.2, -0.15) is 8.75 Å². The number of nitrogens with one attached hydrogen (secondary N) is 2. The van der Waals surface area contributed by atoms with Gasteiger partial charge in [-0.1, -0.05) is 0 Å². The molecule has 2 amide bonds. The van der Waals surface area contributed by atoms with Gasteiger partial charge in [0.25, 0.3) is 11.8 Å². The first kappa shape index (κ1) is 14.9. The fourth-order valence-electron chi connectivity index (χ4n) is 1.22. The highest BCUT2D eigenvalue weighted by atomic mass is 32.1. The number of hydrogen-bond acceptors (Lipinski definition) is 7. The van der Waals surface area contributed by atoms with Crippen molar-refractivity contribution in [3.05, 3.63) is 11.9 Å². The molecule has 0 aliphatic rings. The van der Waals surface area contributed by atoms with Crippen molar-refractivity contribution < 1.29 is 19.2 Å². The summed E-state index contributed by atoms with van der Waals surface area (Å²) in [5.74, 6) is -1.91. The number of amides is 2. The summed E-state index contributed by atoms with van der Waals surface area (Å²) >= 11 is 0.872. The average Bonchev–Trinajstić information content (AvgIpc) is 2.95. The number of likely N-dealkylation sites (N-methyl/N-ethyl adjacent to an activating group) is 1. The van der Waals surface area contributed by atoms with Crippen LogP contribution in [0.4, 0.5) is 0 Å². The molecule has 1 unspecified atom stereocenters. The van der Waals surface area contributed by atoms with Gasteiger partial charge in [-0.05, 0) is 6.42 Å². The minimum absolute atomic E-state index is 0.0546. The number of carbonyl (C=O) groups is 4. The van der Waals surface area contributed by atoms with Crippen LogP contribution in [-0.4, -0.2) is 45.7 Å². The molecule has 0 aromatic carbocycles. The third-order valence-electron chi connectivity index (χ3n) is 2.24. The van der Waals surface area contributed by atoms with Crippen LogP contribution >= 0.6 is 11.7 Å². The van der Waals surface area contributed by atoms with Crippen LogP contribution in [0.3, 0.4) is 0 Å². The van der Waals surface area contributed by atoms with Crippen LogP contribution in [0.15, 0.2) is 6.20 Å². The molecule has 1 aromatic rings. The van der Waals surface area contributed by atoms with Crippen LogP contribution in [0.1, 0.15) is 23.3 Å². The second-order valence-corrected chi connectivity index (χ2v) is 4.11. The second kappa shape index (κ2) is 7.31. The van der Waals surface area contributed by atoms with E-state index in [1.54, 1.807) is 0 Å². The summed E-state index contributed by atoms with van der Waals surface area (Å²) in [4.78, 5) is 44.6. The monoisotopic (exact) mass is 284 g/mol. The first-order valence-electron chi connectivity index (χ1n) is 5.37.